The monoisotopic (exact) mass is 288 g/mol. The predicted octanol–water partition coefficient (Wildman–Crippen LogP) is 1.17. The smallest absolute Gasteiger partial charge is 0.321 e. The molecule has 2 atom stereocenters. The zero-order valence-electron chi connectivity index (χ0n) is 11.9. The Morgan fingerprint density at radius 2 is 2.16 bits per heavy atom. The summed E-state index contributed by atoms with van der Waals surface area (Å²) in [6.07, 6.45) is 2.22. The molecule has 1 heterocycles. The molecule has 0 saturated carbocycles. The predicted molar refractivity (Wildman–Crippen MR) is 77.1 cm³/mol. The number of carboxylic acids is 1. The molecule has 0 radical (unpaired) electrons. The summed E-state index contributed by atoms with van der Waals surface area (Å²) < 4.78 is -0.650. The molecule has 5 nitrogen and oxygen atoms in total. The summed E-state index contributed by atoms with van der Waals surface area (Å²) in [6.45, 7) is 7.31. The van der Waals surface area contributed by atoms with E-state index in [0.29, 0.717) is 11.7 Å². The van der Waals surface area contributed by atoms with Gasteiger partial charge < -0.3 is 15.7 Å². The first-order valence-corrected chi connectivity index (χ1v) is 7.62. The molecular formula is C13H24N2O3S. The average molecular weight is 288 g/mol. The van der Waals surface area contributed by atoms with E-state index in [-0.39, 0.29) is 5.91 Å². The number of nitrogens with zero attached hydrogens (tertiary/aromatic N) is 1. The van der Waals surface area contributed by atoms with E-state index in [1.54, 1.807) is 13.8 Å². The van der Waals surface area contributed by atoms with Crippen LogP contribution in [0.4, 0.5) is 0 Å². The van der Waals surface area contributed by atoms with Crippen LogP contribution in [0.15, 0.2) is 0 Å². The van der Waals surface area contributed by atoms with Crippen LogP contribution in [0.2, 0.25) is 0 Å². The van der Waals surface area contributed by atoms with Gasteiger partial charge in [-0.2, -0.15) is 0 Å². The molecule has 0 aromatic heterocycles. The first-order chi connectivity index (χ1) is 8.74. The van der Waals surface area contributed by atoms with Gasteiger partial charge in [0.25, 0.3) is 0 Å². The number of hydrogen-bond donors (Lipinski definition) is 2. The van der Waals surface area contributed by atoms with Crippen molar-refractivity contribution in [1.82, 2.24) is 4.90 Å². The van der Waals surface area contributed by atoms with E-state index in [2.05, 4.69) is 6.92 Å². The number of rotatable bonds is 5. The standard InChI is InChI=1S/C13H24N2O3S/c1-9-5-4-6-15(7-9)10(16)8-19-13(2,3)11(14)12(17)18/h9,11H,4-8,14H2,1-3H3,(H,17,18)/t9?,11-/m0/s1. The lowest BCUT2D eigenvalue weighted by atomic mass is 10.0. The fourth-order valence-corrected chi connectivity index (χ4v) is 3.10. The van der Waals surface area contributed by atoms with E-state index in [0.717, 1.165) is 19.5 Å². The van der Waals surface area contributed by atoms with Crippen LogP contribution in [0.3, 0.4) is 0 Å². The molecule has 1 aliphatic heterocycles. The maximum Gasteiger partial charge on any atom is 0.321 e. The van der Waals surface area contributed by atoms with Gasteiger partial charge in [-0.15, -0.1) is 11.8 Å². The van der Waals surface area contributed by atoms with Crippen molar-refractivity contribution < 1.29 is 14.7 Å². The van der Waals surface area contributed by atoms with Crippen molar-refractivity contribution >= 4 is 23.6 Å². The molecule has 1 unspecified atom stereocenters. The van der Waals surface area contributed by atoms with Crippen LogP contribution >= 0.6 is 11.8 Å². The molecule has 1 amide bonds. The Balaban J connectivity index is 2.47. The van der Waals surface area contributed by atoms with Crippen molar-refractivity contribution in [1.29, 1.82) is 0 Å². The molecule has 3 N–H and O–H groups in total. The van der Waals surface area contributed by atoms with Crippen LogP contribution in [0, 0.1) is 5.92 Å². The summed E-state index contributed by atoms with van der Waals surface area (Å²) in [5, 5.41) is 8.93. The van der Waals surface area contributed by atoms with Crippen LogP contribution in [0.25, 0.3) is 0 Å². The van der Waals surface area contributed by atoms with Crippen molar-refractivity contribution in [3.05, 3.63) is 0 Å². The maximum atomic E-state index is 12.1. The first-order valence-electron chi connectivity index (χ1n) is 6.64. The number of nitrogens with two attached hydrogens (primary N) is 1. The summed E-state index contributed by atoms with van der Waals surface area (Å²) in [7, 11) is 0. The third-order valence-electron chi connectivity index (χ3n) is 3.59. The highest BCUT2D eigenvalue weighted by atomic mass is 32.2. The van der Waals surface area contributed by atoms with Gasteiger partial charge in [0.15, 0.2) is 0 Å². The Morgan fingerprint density at radius 1 is 1.53 bits per heavy atom. The van der Waals surface area contributed by atoms with Gasteiger partial charge in [0.1, 0.15) is 6.04 Å². The van der Waals surface area contributed by atoms with Crippen molar-refractivity contribution in [2.45, 2.75) is 44.4 Å². The van der Waals surface area contributed by atoms with Crippen LogP contribution < -0.4 is 5.73 Å². The number of carbonyl (C=O) groups excluding carboxylic acids is 1. The SMILES string of the molecule is CC1CCCN(C(=O)CSC(C)(C)[C@@H](N)C(=O)O)C1. The molecule has 1 saturated heterocycles. The third-order valence-corrected chi connectivity index (χ3v) is 4.98. The highest BCUT2D eigenvalue weighted by Crippen LogP contribution is 2.28. The van der Waals surface area contributed by atoms with Gasteiger partial charge in [0.05, 0.1) is 5.75 Å². The Bertz CT molecular complexity index is 347. The number of hydrogen-bond acceptors (Lipinski definition) is 4. The minimum absolute atomic E-state index is 0.0854. The number of thioether (sulfide) groups is 1. The highest BCUT2D eigenvalue weighted by molar-refractivity contribution is 8.01. The maximum absolute atomic E-state index is 12.1. The summed E-state index contributed by atoms with van der Waals surface area (Å²) in [4.78, 5) is 24.9. The second-order valence-electron chi connectivity index (χ2n) is 5.80. The van der Waals surface area contributed by atoms with E-state index in [4.69, 9.17) is 10.8 Å². The quantitative estimate of drug-likeness (QED) is 0.793. The molecule has 1 aliphatic rings. The van der Waals surface area contributed by atoms with Gasteiger partial charge in [-0.25, -0.2) is 0 Å². The van der Waals surface area contributed by atoms with Crippen LogP contribution in [-0.2, 0) is 9.59 Å². The van der Waals surface area contributed by atoms with Crippen molar-refractivity contribution in [2.75, 3.05) is 18.8 Å². The molecule has 19 heavy (non-hydrogen) atoms. The Hall–Kier alpha value is -0.750. The summed E-state index contributed by atoms with van der Waals surface area (Å²) in [6, 6.07) is -0.967. The largest absolute Gasteiger partial charge is 0.480 e. The van der Waals surface area contributed by atoms with Gasteiger partial charge >= 0.3 is 5.97 Å². The Morgan fingerprint density at radius 3 is 2.68 bits per heavy atom. The fourth-order valence-electron chi connectivity index (χ4n) is 2.14. The lowest BCUT2D eigenvalue weighted by Crippen LogP contribution is -2.48. The summed E-state index contributed by atoms with van der Waals surface area (Å²) in [5.41, 5.74) is 5.64. The summed E-state index contributed by atoms with van der Waals surface area (Å²) >= 11 is 1.32. The second kappa shape index (κ2) is 6.61. The van der Waals surface area contributed by atoms with Crippen LogP contribution in [-0.4, -0.2) is 51.5 Å². The van der Waals surface area contributed by atoms with Gasteiger partial charge in [-0.05, 0) is 32.6 Å². The van der Waals surface area contributed by atoms with Crippen molar-refractivity contribution in [2.24, 2.45) is 11.7 Å². The zero-order valence-corrected chi connectivity index (χ0v) is 12.7. The lowest BCUT2D eigenvalue weighted by Gasteiger charge is -2.33. The number of carboxylic acid groups (broad SMARTS) is 1. The van der Waals surface area contributed by atoms with E-state index in [1.165, 1.54) is 18.2 Å². The normalized spacial score (nSPS) is 22.1. The van der Waals surface area contributed by atoms with E-state index >= 15 is 0 Å². The van der Waals surface area contributed by atoms with Gasteiger partial charge in [0.2, 0.25) is 5.91 Å². The van der Waals surface area contributed by atoms with Crippen LogP contribution in [0.5, 0.6) is 0 Å². The van der Waals surface area contributed by atoms with E-state index in [1.807, 2.05) is 4.90 Å². The zero-order chi connectivity index (χ0) is 14.6. The first kappa shape index (κ1) is 16.3. The van der Waals surface area contributed by atoms with E-state index < -0.39 is 16.8 Å². The molecule has 0 aromatic carbocycles. The Labute approximate surface area is 118 Å². The number of carbonyl (C=O) groups is 2. The van der Waals surface area contributed by atoms with Gasteiger partial charge in [-0.1, -0.05) is 6.92 Å². The lowest BCUT2D eigenvalue weighted by molar-refractivity contribution is -0.139. The molecule has 0 spiro atoms. The number of piperidine rings is 1. The molecule has 0 bridgehead atoms. The average Bonchev–Trinajstić information content (AvgIpc) is 2.35. The minimum atomic E-state index is -1.03. The summed E-state index contributed by atoms with van der Waals surface area (Å²) in [5.74, 6) is -0.100. The topological polar surface area (TPSA) is 83.6 Å². The molecule has 110 valence electrons. The van der Waals surface area contributed by atoms with Gasteiger partial charge in [-0.3, -0.25) is 9.59 Å². The van der Waals surface area contributed by atoms with Crippen molar-refractivity contribution in [3.63, 3.8) is 0 Å². The van der Waals surface area contributed by atoms with Crippen LogP contribution in [0.1, 0.15) is 33.6 Å². The number of aliphatic carboxylic acids is 1. The molecule has 6 heteroatoms. The molecular weight excluding hydrogens is 264 g/mol. The van der Waals surface area contributed by atoms with Gasteiger partial charge in [0, 0.05) is 17.8 Å². The molecule has 1 fully saturated rings. The minimum Gasteiger partial charge on any atom is -0.480 e. The number of likely N-dealkylation sites (tertiary alicyclic amines) is 1. The second-order valence-corrected chi connectivity index (χ2v) is 7.42. The molecule has 1 rings (SSSR count). The Kier molecular flexibility index (Phi) is 5.67. The molecule has 0 aromatic rings. The highest BCUT2D eigenvalue weighted by Gasteiger charge is 2.33. The van der Waals surface area contributed by atoms with Crippen molar-refractivity contribution in [3.8, 4) is 0 Å². The molecule has 0 aliphatic carbocycles. The third kappa shape index (κ3) is 4.69. The van der Waals surface area contributed by atoms with E-state index in [9.17, 15) is 9.59 Å². The number of amides is 1. The fraction of sp³-hybridized carbons (Fsp3) is 0.846.